The predicted octanol–water partition coefficient (Wildman–Crippen LogP) is 3.63. The van der Waals surface area contributed by atoms with Gasteiger partial charge >= 0.3 is 5.97 Å². The highest BCUT2D eigenvalue weighted by Crippen LogP contribution is 2.25. The Morgan fingerprint density at radius 2 is 1.53 bits per heavy atom. The summed E-state index contributed by atoms with van der Waals surface area (Å²) in [5.41, 5.74) is 3.25. The zero-order valence-electron chi connectivity index (χ0n) is 17.8. The van der Waals surface area contributed by atoms with Gasteiger partial charge in [-0.1, -0.05) is 23.8 Å². The molecule has 1 heterocycles. The van der Waals surface area contributed by atoms with Gasteiger partial charge < -0.3 is 9.47 Å². The van der Waals surface area contributed by atoms with Crippen LogP contribution in [0.2, 0.25) is 0 Å². The van der Waals surface area contributed by atoms with Crippen molar-refractivity contribution in [3.8, 4) is 5.75 Å². The molecule has 3 rings (SSSR count). The van der Waals surface area contributed by atoms with E-state index >= 15 is 0 Å². The molecular formula is C23H29NO5S. The molecule has 0 aliphatic carbocycles. The van der Waals surface area contributed by atoms with Crippen molar-refractivity contribution in [2.45, 2.75) is 38.5 Å². The van der Waals surface area contributed by atoms with Crippen LogP contribution in [-0.2, 0) is 19.6 Å². The Labute approximate surface area is 178 Å². The number of ether oxygens (including phenoxy) is 2. The molecule has 0 bridgehead atoms. The molecule has 1 fully saturated rings. The summed E-state index contributed by atoms with van der Waals surface area (Å²) < 4.78 is 38.0. The largest absolute Gasteiger partial charge is 0.490 e. The predicted molar refractivity (Wildman–Crippen MR) is 115 cm³/mol. The van der Waals surface area contributed by atoms with Gasteiger partial charge in [0.05, 0.1) is 10.8 Å². The molecule has 2 aromatic rings. The molecule has 0 aromatic heterocycles. The normalized spacial score (nSPS) is 15.7. The number of esters is 1. The van der Waals surface area contributed by atoms with Crippen molar-refractivity contribution in [1.29, 1.82) is 0 Å². The number of benzene rings is 2. The van der Waals surface area contributed by atoms with Gasteiger partial charge in [0.2, 0.25) is 10.0 Å². The van der Waals surface area contributed by atoms with E-state index in [1.165, 1.54) is 4.31 Å². The van der Waals surface area contributed by atoms with E-state index in [1.807, 2.05) is 32.9 Å². The van der Waals surface area contributed by atoms with Crippen LogP contribution in [0.25, 0.3) is 0 Å². The van der Waals surface area contributed by atoms with E-state index in [9.17, 15) is 13.2 Å². The van der Waals surface area contributed by atoms with Crippen molar-refractivity contribution in [3.63, 3.8) is 0 Å². The number of carbonyl (C=O) groups is 1. The molecule has 1 saturated heterocycles. The minimum absolute atomic E-state index is 0.174. The minimum Gasteiger partial charge on any atom is -0.490 e. The van der Waals surface area contributed by atoms with Gasteiger partial charge in [0.1, 0.15) is 19.0 Å². The monoisotopic (exact) mass is 431 g/mol. The summed E-state index contributed by atoms with van der Waals surface area (Å²) in [6.07, 6.45) is 0.920. The highest BCUT2D eigenvalue weighted by atomic mass is 32.2. The first-order valence-electron chi connectivity index (χ1n) is 10.2. The minimum atomic E-state index is -3.53. The van der Waals surface area contributed by atoms with Crippen molar-refractivity contribution in [2.24, 2.45) is 5.92 Å². The van der Waals surface area contributed by atoms with Gasteiger partial charge in [-0.15, -0.1) is 0 Å². The number of aryl methyl sites for hydroxylation is 3. The van der Waals surface area contributed by atoms with E-state index in [-0.39, 0.29) is 30.0 Å². The highest BCUT2D eigenvalue weighted by molar-refractivity contribution is 7.89. The third-order valence-corrected chi connectivity index (χ3v) is 7.15. The maximum atomic E-state index is 12.8. The topological polar surface area (TPSA) is 72.9 Å². The van der Waals surface area contributed by atoms with Crippen LogP contribution in [-0.4, -0.2) is 45.0 Å². The first-order valence-corrected chi connectivity index (χ1v) is 11.6. The molecule has 7 heteroatoms. The number of sulfonamides is 1. The second-order valence-electron chi connectivity index (χ2n) is 7.83. The summed E-state index contributed by atoms with van der Waals surface area (Å²) >= 11 is 0. The van der Waals surface area contributed by atoms with Crippen LogP contribution in [0.4, 0.5) is 0 Å². The van der Waals surface area contributed by atoms with Crippen molar-refractivity contribution < 1.29 is 22.7 Å². The summed E-state index contributed by atoms with van der Waals surface area (Å²) in [4.78, 5) is 12.6. The molecular weight excluding hydrogens is 402 g/mol. The Hall–Kier alpha value is -2.38. The van der Waals surface area contributed by atoms with Gasteiger partial charge in [0, 0.05) is 13.1 Å². The summed E-state index contributed by atoms with van der Waals surface area (Å²) in [5, 5.41) is 0. The fraction of sp³-hybridized carbons (Fsp3) is 0.435. The van der Waals surface area contributed by atoms with Crippen molar-refractivity contribution >= 4 is 16.0 Å². The lowest BCUT2D eigenvalue weighted by Crippen LogP contribution is -2.40. The second-order valence-corrected chi connectivity index (χ2v) is 9.77. The molecule has 1 aliphatic heterocycles. The van der Waals surface area contributed by atoms with Crippen molar-refractivity contribution in [1.82, 2.24) is 4.31 Å². The molecule has 30 heavy (non-hydrogen) atoms. The van der Waals surface area contributed by atoms with Crippen LogP contribution in [0.5, 0.6) is 5.75 Å². The fourth-order valence-electron chi connectivity index (χ4n) is 3.63. The molecule has 0 spiro atoms. The lowest BCUT2D eigenvalue weighted by atomic mass is 9.98. The van der Waals surface area contributed by atoms with E-state index < -0.39 is 10.0 Å². The Morgan fingerprint density at radius 1 is 0.933 bits per heavy atom. The summed E-state index contributed by atoms with van der Waals surface area (Å²) in [7, 11) is -3.53. The Bertz CT molecular complexity index is 957. The molecule has 0 saturated carbocycles. The van der Waals surface area contributed by atoms with Crippen molar-refractivity contribution in [3.05, 3.63) is 59.2 Å². The number of hydrogen-bond acceptors (Lipinski definition) is 5. The number of piperidine rings is 1. The lowest BCUT2D eigenvalue weighted by Gasteiger charge is -2.30. The number of rotatable bonds is 7. The third kappa shape index (κ3) is 5.61. The van der Waals surface area contributed by atoms with Crippen LogP contribution >= 0.6 is 0 Å². The Balaban J connectivity index is 1.44. The van der Waals surface area contributed by atoms with Gasteiger partial charge in [-0.05, 0) is 69.0 Å². The van der Waals surface area contributed by atoms with Crippen LogP contribution in [0.1, 0.15) is 29.5 Å². The molecule has 0 radical (unpaired) electrons. The molecule has 2 aromatic carbocycles. The van der Waals surface area contributed by atoms with Gasteiger partial charge in [0.15, 0.2) is 0 Å². The van der Waals surface area contributed by atoms with E-state index in [0.29, 0.717) is 25.9 Å². The zero-order valence-corrected chi connectivity index (χ0v) is 18.6. The molecule has 0 atom stereocenters. The lowest BCUT2D eigenvalue weighted by molar-refractivity contribution is -0.150. The first-order chi connectivity index (χ1) is 14.3. The van der Waals surface area contributed by atoms with E-state index in [4.69, 9.17) is 9.47 Å². The van der Waals surface area contributed by atoms with Crippen LogP contribution < -0.4 is 4.74 Å². The van der Waals surface area contributed by atoms with E-state index in [0.717, 1.165) is 22.4 Å². The third-order valence-electron chi connectivity index (χ3n) is 5.24. The van der Waals surface area contributed by atoms with E-state index in [1.54, 1.807) is 24.3 Å². The highest BCUT2D eigenvalue weighted by Gasteiger charge is 2.32. The first kappa shape index (κ1) is 22.3. The Kier molecular flexibility index (Phi) is 7.15. The zero-order chi connectivity index (χ0) is 21.7. The summed E-state index contributed by atoms with van der Waals surface area (Å²) in [6, 6.07) is 12.8. The van der Waals surface area contributed by atoms with Gasteiger partial charge in [0.25, 0.3) is 0 Å². The SMILES string of the molecule is Cc1ccc(S(=O)(=O)N2CCC(C(=O)OCCOc3cc(C)cc(C)c3)CC2)cc1. The molecule has 1 aliphatic rings. The number of nitrogens with zero attached hydrogens (tertiary/aromatic N) is 1. The summed E-state index contributed by atoms with van der Waals surface area (Å²) in [5.74, 6) is 0.195. The Morgan fingerprint density at radius 3 is 2.13 bits per heavy atom. The van der Waals surface area contributed by atoms with Gasteiger partial charge in [-0.2, -0.15) is 4.31 Å². The van der Waals surface area contributed by atoms with Crippen molar-refractivity contribution in [2.75, 3.05) is 26.3 Å². The second kappa shape index (κ2) is 9.62. The molecule has 0 amide bonds. The van der Waals surface area contributed by atoms with Crippen LogP contribution in [0.3, 0.4) is 0 Å². The molecule has 0 N–H and O–H groups in total. The average Bonchev–Trinajstić information content (AvgIpc) is 2.71. The van der Waals surface area contributed by atoms with Gasteiger partial charge in [-0.3, -0.25) is 4.79 Å². The van der Waals surface area contributed by atoms with Crippen LogP contribution in [0, 0.1) is 26.7 Å². The smallest absolute Gasteiger partial charge is 0.309 e. The quantitative estimate of drug-likeness (QED) is 0.494. The van der Waals surface area contributed by atoms with E-state index in [2.05, 4.69) is 6.07 Å². The standard InChI is InChI=1S/C23H29NO5S/c1-17-4-6-22(7-5-17)30(26,27)24-10-8-20(9-11-24)23(25)29-13-12-28-21-15-18(2)14-19(3)16-21/h4-7,14-16,20H,8-13H2,1-3H3. The maximum Gasteiger partial charge on any atom is 0.309 e. The molecule has 6 nitrogen and oxygen atoms in total. The maximum absolute atomic E-state index is 12.8. The average molecular weight is 432 g/mol. The van der Waals surface area contributed by atoms with Gasteiger partial charge in [-0.25, -0.2) is 8.42 Å². The molecule has 0 unspecified atom stereocenters. The summed E-state index contributed by atoms with van der Waals surface area (Å²) in [6.45, 7) is 7.02. The fourth-order valence-corrected chi connectivity index (χ4v) is 5.10. The number of hydrogen-bond donors (Lipinski definition) is 0. The number of carbonyl (C=O) groups excluding carboxylic acids is 1. The van der Waals surface area contributed by atoms with Crippen LogP contribution in [0.15, 0.2) is 47.4 Å². The molecule has 162 valence electrons.